The lowest BCUT2D eigenvalue weighted by Gasteiger charge is -2.37. The number of Topliss-reactive ketones (excluding diaryl/α,β-unsaturated/α-hetero) is 1. The summed E-state index contributed by atoms with van der Waals surface area (Å²) in [6, 6.07) is 10.2. The molecule has 1 N–H and O–H groups in total. The molecule has 1 spiro atoms. The number of likely N-dealkylation sites (tertiary alicyclic amines) is 1. The number of carbonyl (C=O) groups excluding carboxylic acids is 2. The van der Waals surface area contributed by atoms with Crippen molar-refractivity contribution in [2.24, 2.45) is 0 Å². The number of carbonyl (C=O) groups is 2. The number of piperidine rings is 1. The van der Waals surface area contributed by atoms with Gasteiger partial charge in [-0.15, -0.1) is 0 Å². The number of nitrogens with zero attached hydrogens (tertiary/aromatic N) is 3. The second kappa shape index (κ2) is 7.96. The molecule has 0 radical (unpaired) electrons. The molecular formula is C20H28N4O3. The number of hydrogen-bond acceptors (Lipinski definition) is 5. The van der Waals surface area contributed by atoms with E-state index in [2.05, 4.69) is 27.2 Å². The van der Waals surface area contributed by atoms with E-state index in [4.69, 9.17) is 4.74 Å². The third kappa shape index (κ3) is 4.15. The zero-order valence-electron chi connectivity index (χ0n) is 15.7. The molecule has 3 aliphatic rings. The number of hydrogen-bond donors (Lipinski definition) is 1. The van der Waals surface area contributed by atoms with Gasteiger partial charge in [-0.1, -0.05) is 30.3 Å². The second-order valence-electron chi connectivity index (χ2n) is 7.77. The Balaban J connectivity index is 1.31. The van der Waals surface area contributed by atoms with E-state index in [-0.39, 0.29) is 11.8 Å². The number of ether oxygens (including phenoxy) is 1. The Morgan fingerprint density at radius 2 is 1.81 bits per heavy atom. The fourth-order valence-electron chi connectivity index (χ4n) is 4.16. The van der Waals surface area contributed by atoms with Crippen molar-refractivity contribution in [2.45, 2.75) is 18.4 Å². The summed E-state index contributed by atoms with van der Waals surface area (Å²) in [5, 5.41) is 3.01. The molecule has 1 aromatic rings. The minimum absolute atomic E-state index is 0.118. The van der Waals surface area contributed by atoms with Gasteiger partial charge in [0.1, 0.15) is 5.54 Å². The van der Waals surface area contributed by atoms with Crippen molar-refractivity contribution in [3.8, 4) is 0 Å². The van der Waals surface area contributed by atoms with Crippen LogP contribution in [0.3, 0.4) is 0 Å². The van der Waals surface area contributed by atoms with Gasteiger partial charge in [-0.2, -0.15) is 0 Å². The molecular weight excluding hydrogens is 344 g/mol. The van der Waals surface area contributed by atoms with Crippen LogP contribution in [-0.4, -0.2) is 91.2 Å². The van der Waals surface area contributed by atoms with Gasteiger partial charge in [0.15, 0.2) is 5.78 Å². The van der Waals surface area contributed by atoms with E-state index >= 15 is 0 Å². The Kier molecular flexibility index (Phi) is 5.43. The van der Waals surface area contributed by atoms with Crippen molar-refractivity contribution in [2.75, 3.05) is 59.2 Å². The Morgan fingerprint density at radius 1 is 1.04 bits per heavy atom. The summed E-state index contributed by atoms with van der Waals surface area (Å²) < 4.78 is 5.36. The highest BCUT2D eigenvalue weighted by molar-refractivity contribution is 5.97. The van der Waals surface area contributed by atoms with Gasteiger partial charge in [0.2, 0.25) is 0 Å². The largest absolute Gasteiger partial charge is 0.379 e. The number of morpholine rings is 1. The third-order valence-electron chi connectivity index (χ3n) is 5.88. The average Bonchev–Trinajstić information content (AvgIpc) is 3.01. The second-order valence-corrected chi connectivity index (χ2v) is 7.77. The molecule has 0 aromatic heterocycles. The van der Waals surface area contributed by atoms with Crippen molar-refractivity contribution in [3.63, 3.8) is 0 Å². The van der Waals surface area contributed by atoms with Crippen LogP contribution < -0.4 is 5.32 Å². The molecule has 0 saturated carbocycles. The number of rotatable bonds is 5. The fourth-order valence-corrected chi connectivity index (χ4v) is 4.16. The monoisotopic (exact) mass is 372 g/mol. The first-order valence-electron chi connectivity index (χ1n) is 9.81. The fraction of sp³-hybridized carbons (Fsp3) is 0.600. The molecule has 7 nitrogen and oxygen atoms in total. The van der Waals surface area contributed by atoms with E-state index in [0.717, 1.165) is 32.6 Å². The molecule has 27 heavy (non-hydrogen) atoms. The normalized spacial score (nSPS) is 27.3. The van der Waals surface area contributed by atoms with Gasteiger partial charge >= 0.3 is 6.03 Å². The highest BCUT2D eigenvalue weighted by Gasteiger charge is 2.50. The van der Waals surface area contributed by atoms with Crippen LogP contribution in [0.1, 0.15) is 12.0 Å². The molecule has 3 aliphatic heterocycles. The van der Waals surface area contributed by atoms with E-state index in [1.54, 1.807) is 4.90 Å². The summed E-state index contributed by atoms with van der Waals surface area (Å²) in [6.45, 7) is 6.25. The molecule has 0 aliphatic carbocycles. The SMILES string of the molecule is O=C1NC2(CCN(CCc3ccccc3)CC2=O)CN1CN1CCOCC1. The Hall–Kier alpha value is -1.96. The molecule has 3 saturated heterocycles. The predicted octanol–water partition coefficient (Wildman–Crippen LogP) is 0.558. The summed E-state index contributed by atoms with van der Waals surface area (Å²) in [7, 11) is 0. The van der Waals surface area contributed by atoms with E-state index in [0.29, 0.717) is 39.4 Å². The van der Waals surface area contributed by atoms with Crippen LogP contribution in [0.4, 0.5) is 4.79 Å². The molecule has 4 rings (SSSR count). The standard InChI is InChI=1S/C20H28N4O3/c25-18-14-22(8-6-17-4-2-1-3-5-17)9-7-20(18)15-24(19(26)21-20)16-23-10-12-27-13-11-23/h1-5H,6-16H2,(H,21,26). The van der Waals surface area contributed by atoms with Gasteiger partial charge in [0.25, 0.3) is 0 Å². The highest BCUT2D eigenvalue weighted by atomic mass is 16.5. The maximum absolute atomic E-state index is 12.9. The van der Waals surface area contributed by atoms with Crippen molar-refractivity contribution in [1.82, 2.24) is 20.0 Å². The van der Waals surface area contributed by atoms with Crippen molar-refractivity contribution in [3.05, 3.63) is 35.9 Å². The number of urea groups is 1. The van der Waals surface area contributed by atoms with E-state index in [1.165, 1.54) is 5.56 Å². The van der Waals surface area contributed by atoms with Gasteiger partial charge in [-0.05, 0) is 18.4 Å². The summed E-state index contributed by atoms with van der Waals surface area (Å²) in [5.74, 6) is 0.139. The lowest BCUT2D eigenvalue weighted by atomic mass is 9.87. The van der Waals surface area contributed by atoms with E-state index in [1.807, 2.05) is 18.2 Å². The summed E-state index contributed by atoms with van der Waals surface area (Å²) in [4.78, 5) is 31.6. The maximum Gasteiger partial charge on any atom is 0.319 e. The van der Waals surface area contributed by atoms with Crippen molar-refractivity contribution < 1.29 is 14.3 Å². The predicted molar refractivity (Wildman–Crippen MR) is 101 cm³/mol. The maximum atomic E-state index is 12.9. The molecule has 1 unspecified atom stereocenters. The highest BCUT2D eigenvalue weighted by Crippen LogP contribution is 2.26. The van der Waals surface area contributed by atoms with Crippen LogP contribution in [-0.2, 0) is 16.0 Å². The van der Waals surface area contributed by atoms with Crippen LogP contribution in [0.2, 0.25) is 0 Å². The number of nitrogens with one attached hydrogen (secondary N) is 1. The van der Waals surface area contributed by atoms with Crippen molar-refractivity contribution in [1.29, 1.82) is 0 Å². The lowest BCUT2D eigenvalue weighted by Crippen LogP contribution is -2.60. The van der Waals surface area contributed by atoms with Crippen LogP contribution in [0, 0.1) is 0 Å². The summed E-state index contributed by atoms with van der Waals surface area (Å²) in [6.07, 6.45) is 1.63. The number of ketones is 1. The molecule has 3 fully saturated rings. The summed E-state index contributed by atoms with van der Waals surface area (Å²) >= 11 is 0. The first-order chi connectivity index (χ1) is 13.1. The lowest BCUT2D eigenvalue weighted by molar-refractivity contribution is -0.129. The first-order valence-corrected chi connectivity index (χ1v) is 9.81. The van der Waals surface area contributed by atoms with Crippen LogP contribution in [0.25, 0.3) is 0 Å². The first kappa shape index (κ1) is 18.4. The Bertz CT molecular complexity index is 677. The van der Waals surface area contributed by atoms with Gasteiger partial charge in [-0.25, -0.2) is 4.79 Å². The molecule has 7 heteroatoms. The zero-order valence-corrected chi connectivity index (χ0v) is 15.7. The molecule has 1 atom stereocenters. The van der Waals surface area contributed by atoms with Gasteiger partial charge in [0, 0.05) is 26.2 Å². The van der Waals surface area contributed by atoms with Crippen LogP contribution >= 0.6 is 0 Å². The van der Waals surface area contributed by atoms with E-state index < -0.39 is 5.54 Å². The zero-order chi connectivity index (χ0) is 18.7. The third-order valence-corrected chi connectivity index (χ3v) is 5.88. The quantitative estimate of drug-likeness (QED) is 0.818. The minimum atomic E-state index is -0.702. The van der Waals surface area contributed by atoms with Gasteiger partial charge in [0.05, 0.1) is 33.0 Å². The number of amides is 2. The summed E-state index contributed by atoms with van der Waals surface area (Å²) in [5.41, 5.74) is 0.586. The van der Waals surface area contributed by atoms with Crippen LogP contribution in [0.15, 0.2) is 30.3 Å². The average molecular weight is 372 g/mol. The van der Waals surface area contributed by atoms with Crippen LogP contribution in [0.5, 0.6) is 0 Å². The van der Waals surface area contributed by atoms with Crippen molar-refractivity contribution >= 4 is 11.8 Å². The van der Waals surface area contributed by atoms with E-state index in [9.17, 15) is 9.59 Å². The Labute approximate surface area is 160 Å². The molecule has 0 bridgehead atoms. The number of benzene rings is 1. The topological polar surface area (TPSA) is 65.1 Å². The van der Waals surface area contributed by atoms with Gasteiger partial charge in [-0.3, -0.25) is 14.6 Å². The molecule has 1 aromatic carbocycles. The Morgan fingerprint density at radius 3 is 2.56 bits per heavy atom. The van der Waals surface area contributed by atoms with Gasteiger partial charge < -0.3 is 15.0 Å². The molecule has 3 heterocycles. The molecule has 146 valence electrons. The molecule has 2 amide bonds. The minimum Gasteiger partial charge on any atom is -0.379 e. The smallest absolute Gasteiger partial charge is 0.319 e.